The monoisotopic (exact) mass is 654 g/mol. The molecule has 0 aliphatic heterocycles. The highest BCUT2D eigenvalue weighted by Gasteiger charge is 2.46. The normalized spacial score (nSPS) is 21.4. The maximum atomic E-state index is 14.0. The number of alkyl halides is 7. The largest absolute Gasteiger partial charge is 0.394 e. The van der Waals surface area contributed by atoms with Crippen molar-refractivity contribution < 1.29 is 40.3 Å². The number of nitrogens with zero attached hydrogens (tertiary/aromatic N) is 4. The fourth-order valence-corrected chi connectivity index (χ4v) is 6.49. The molecule has 0 radical (unpaired) electrons. The van der Waals surface area contributed by atoms with Crippen LogP contribution in [0.3, 0.4) is 0 Å². The van der Waals surface area contributed by atoms with Crippen LogP contribution in [0.2, 0.25) is 0 Å². The molecular weight excluding hydrogens is 621 g/mol. The van der Waals surface area contributed by atoms with Gasteiger partial charge in [0.25, 0.3) is 5.91 Å². The summed E-state index contributed by atoms with van der Waals surface area (Å²) in [5.74, 6) is -6.99. The lowest BCUT2D eigenvalue weighted by Crippen LogP contribution is -2.39. The van der Waals surface area contributed by atoms with Gasteiger partial charge in [0.1, 0.15) is 0 Å². The highest BCUT2D eigenvalue weighted by Crippen LogP contribution is 2.45. The standard InChI is InChI=1S/C31H33F7N6O2/c32-29(33)7-3-19(4-8-29)26(43-27(46)20-5-9-39-21(12-20)15-31(36,37)38)23-16-44-10-6-22(40-28(44)41-23)25(18-1-2-18)42-24(45)11-17-13-30(34,35)14-17/h5-6,9-10,12,16-19,25-26H,1-4,7-8,11,13-15H2,(H,42,45)(H,43,46)/t25?,26-/m0/s1. The van der Waals surface area contributed by atoms with Crippen molar-refractivity contribution in [2.45, 2.75) is 94.3 Å². The summed E-state index contributed by atoms with van der Waals surface area (Å²) in [6.45, 7) is 0. The Kier molecular flexibility index (Phi) is 8.47. The SMILES string of the molecule is O=C(CC1CC(F)(F)C1)NC(c1ccn2cc([C@@H](NC(=O)c3ccnc(CC(F)(F)F)c3)C3CCC(F)(F)CC3)nc2n1)C1CC1. The summed E-state index contributed by atoms with van der Waals surface area (Å²) in [5.41, 5.74) is 0.488. The van der Waals surface area contributed by atoms with Crippen molar-refractivity contribution in [3.8, 4) is 0 Å². The van der Waals surface area contributed by atoms with Crippen molar-refractivity contribution in [2.24, 2.45) is 17.8 Å². The number of fused-ring (bicyclic) bond motifs is 1. The number of hydrogen-bond acceptors (Lipinski definition) is 5. The summed E-state index contributed by atoms with van der Waals surface area (Å²) in [6.07, 6.45) is -0.893. The van der Waals surface area contributed by atoms with E-state index in [4.69, 9.17) is 0 Å². The van der Waals surface area contributed by atoms with Crippen molar-refractivity contribution in [2.75, 3.05) is 0 Å². The number of imidazole rings is 1. The Morgan fingerprint density at radius 2 is 1.57 bits per heavy atom. The molecule has 2 N–H and O–H groups in total. The minimum atomic E-state index is -4.52. The average molecular weight is 655 g/mol. The smallest absolute Gasteiger partial charge is 0.347 e. The number of aromatic nitrogens is 4. The minimum absolute atomic E-state index is 0.00552. The summed E-state index contributed by atoms with van der Waals surface area (Å²) in [7, 11) is 0. The van der Waals surface area contributed by atoms with E-state index in [1.807, 2.05) is 0 Å². The van der Waals surface area contributed by atoms with E-state index < -0.39 is 48.4 Å². The third-order valence-corrected chi connectivity index (χ3v) is 9.04. The molecule has 0 saturated heterocycles. The lowest BCUT2D eigenvalue weighted by atomic mass is 9.79. The highest BCUT2D eigenvalue weighted by atomic mass is 19.4. The van der Waals surface area contributed by atoms with Gasteiger partial charge in [-0.15, -0.1) is 0 Å². The molecule has 2 atom stereocenters. The molecular formula is C31H33F7N6O2. The Hall–Kier alpha value is -3.78. The Labute approximate surface area is 259 Å². The van der Waals surface area contributed by atoms with Gasteiger partial charge in [-0.1, -0.05) is 0 Å². The van der Waals surface area contributed by atoms with Crippen LogP contribution in [-0.2, 0) is 11.2 Å². The van der Waals surface area contributed by atoms with Gasteiger partial charge in [0, 0.05) is 56.3 Å². The molecule has 0 aromatic carbocycles. The van der Waals surface area contributed by atoms with Gasteiger partial charge in [0.15, 0.2) is 0 Å². The van der Waals surface area contributed by atoms with E-state index in [0.717, 1.165) is 25.1 Å². The molecule has 0 spiro atoms. The molecule has 3 aromatic rings. The molecule has 3 aromatic heterocycles. The van der Waals surface area contributed by atoms with Crippen molar-refractivity contribution in [1.29, 1.82) is 0 Å². The van der Waals surface area contributed by atoms with Crippen LogP contribution < -0.4 is 10.6 Å². The van der Waals surface area contributed by atoms with Gasteiger partial charge in [-0.25, -0.2) is 27.5 Å². The molecule has 3 fully saturated rings. The van der Waals surface area contributed by atoms with E-state index in [1.165, 1.54) is 6.07 Å². The molecule has 3 aliphatic rings. The van der Waals surface area contributed by atoms with Crippen molar-refractivity contribution >= 4 is 17.6 Å². The summed E-state index contributed by atoms with van der Waals surface area (Å²) in [5, 5.41) is 5.77. The molecule has 6 rings (SSSR count). The number of halogens is 7. The molecule has 46 heavy (non-hydrogen) atoms. The Morgan fingerprint density at radius 3 is 2.22 bits per heavy atom. The van der Waals surface area contributed by atoms with Crippen LogP contribution in [0.25, 0.3) is 5.78 Å². The molecule has 2 amide bonds. The summed E-state index contributed by atoms with van der Waals surface area (Å²) in [6, 6.07) is 2.77. The van der Waals surface area contributed by atoms with Crippen LogP contribution in [0.5, 0.6) is 0 Å². The predicted molar refractivity (Wildman–Crippen MR) is 150 cm³/mol. The number of carbonyl (C=O) groups is 2. The maximum absolute atomic E-state index is 14.0. The second-order valence-electron chi connectivity index (χ2n) is 12.9. The third kappa shape index (κ3) is 7.77. The number of rotatable bonds is 10. The van der Waals surface area contributed by atoms with Gasteiger partial charge in [-0.05, 0) is 61.6 Å². The third-order valence-electron chi connectivity index (χ3n) is 9.04. The van der Waals surface area contributed by atoms with Gasteiger partial charge in [0.2, 0.25) is 23.5 Å². The van der Waals surface area contributed by atoms with Gasteiger partial charge in [0.05, 0.1) is 35.6 Å². The number of hydrogen-bond donors (Lipinski definition) is 2. The Morgan fingerprint density at radius 1 is 0.913 bits per heavy atom. The minimum Gasteiger partial charge on any atom is -0.347 e. The number of carbonyl (C=O) groups excluding carboxylic acids is 2. The van der Waals surface area contributed by atoms with Crippen LogP contribution in [0.4, 0.5) is 30.7 Å². The van der Waals surface area contributed by atoms with Crippen LogP contribution in [-0.4, -0.2) is 49.2 Å². The number of nitrogens with one attached hydrogen (secondary N) is 2. The topological polar surface area (TPSA) is 101 Å². The molecule has 248 valence electrons. The van der Waals surface area contributed by atoms with Gasteiger partial charge >= 0.3 is 6.18 Å². The Balaban J connectivity index is 1.23. The zero-order chi connectivity index (χ0) is 32.9. The molecule has 8 nitrogen and oxygen atoms in total. The van der Waals surface area contributed by atoms with Crippen molar-refractivity contribution in [3.05, 3.63) is 59.4 Å². The second-order valence-corrected chi connectivity index (χ2v) is 12.9. The molecule has 3 saturated carbocycles. The van der Waals surface area contributed by atoms with E-state index in [1.54, 1.807) is 22.9 Å². The lowest BCUT2D eigenvalue weighted by Gasteiger charge is -2.34. The van der Waals surface area contributed by atoms with E-state index >= 15 is 0 Å². The molecule has 0 bridgehead atoms. The van der Waals surface area contributed by atoms with Gasteiger partial charge < -0.3 is 10.6 Å². The molecule has 3 heterocycles. The highest BCUT2D eigenvalue weighted by molar-refractivity contribution is 5.94. The molecule has 15 heteroatoms. The van der Waals surface area contributed by atoms with Gasteiger partial charge in [-0.3, -0.25) is 19.0 Å². The summed E-state index contributed by atoms with van der Waals surface area (Å²) in [4.78, 5) is 39.0. The zero-order valence-corrected chi connectivity index (χ0v) is 24.7. The fourth-order valence-electron chi connectivity index (χ4n) is 6.49. The van der Waals surface area contributed by atoms with Crippen molar-refractivity contribution in [1.82, 2.24) is 30.0 Å². The second kappa shape index (κ2) is 12.1. The first-order chi connectivity index (χ1) is 21.6. The molecule has 3 aliphatic carbocycles. The summed E-state index contributed by atoms with van der Waals surface area (Å²) >= 11 is 0. The van der Waals surface area contributed by atoms with Crippen LogP contribution in [0, 0.1) is 17.8 Å². The van der Waals surface area contributed by atoms with E-state index in [2.05, 4.69) is 25.6 Å². The molecule has 1 unspecified atom stereocenters. The maximum Gasteiger partial charge on any atom is 0.394 e. The first-order valence-electron chi connectivity index (χ1n) is 15.4. The van der Waals surface area contributed by atoms with E-state index in [0.29, 0.717) is 11.4 Å². The van der Waals surface area contributed by atoms with E-state index in [-0.39, 0.29) is 79.7 Å². The van der Waals surface area contributed by atoms with Crippen LogP contribution >= 0.6 is 0 Å². The van der Waals surface area contributed by atoms with E-state index in [9.17, 15) is 40.3 Å². The van der Waals surface area contributed by atoms with Crippen LogP contribution in [0.1, 0.15) is 97.3 Å². The van der Waals surface area contributed by atoms with Crippen LogP contribution in [0.15, 0.2) is 36.8 Å². The average Bonchev–Trinajstić information content (AvgIpc) is 3.71. The fraction of sp³-hybridized carbons (Fsp3) is 0.581. The quantitative estimate of drug-likeness (QED) is 0.242. The number of amides is 2. The lowest BCUT2D eigenvalue weighted by molar-refractivity contribution is -0.134. The number of pyridine rings is 1. The first kappa shape index (κ1) is 32.2. The van der Waals surface area contributed by atoms with Crippen molar-refractivity contribution in [3.63, 3.8) is 0 Å². The summed E-state index contributed by atoms with van der Waals surface area (Å²) < 4.78 is 95.0. The Bertz CT molecular complexity index is 1590. The predicted octanol–water partition coefficient (Wildman–Crippen LogP) is 6.53. The first-order valence-corrected chi connectivity index (χ1v) is 15.4. The zero-order valence-electron chi connectivity index (χ0n) is 24.7. The van der Waals surface area contributed by atoms with Gasteiger partial charge in [-0.2, -0.15) is 13.2 Å².